The summed E-state index contributed by atoms with van der Waals surface area (Å²) in [5, 5.41) is 2.31. The number of ether oxygens (including phenoxy) is 1. The van der Waals surface area contributed by atoms with Gasteiger partial charge in [-0.15, -0.1) is 0 Å². The Morgan fingerprint density at radius 2 is 1.61 bits per heavy atom. The number of hydrogen-bond acceptors (Lipinski definition) is 4. The number of aromatic nitrogens is 3. The molecule has 0 saturated carbocycles. The van der Waals surface area contributed by atoms with Crippen LogP contribution in [-0.2, 0) is 6.18 Å². The molecule has 36 heavy (non-hydrogen) atoms. The standard InChI is InChI=1S/C24H16F6N4O2/c1-11-19(23(35)32-13-6-3-5-12(9-13)24(28,29)30)34-22(31-11)20-16(27)10-17(36-2)21(33-20)18-14(25)7-4-8-15(18)26/h3-10H,1-2H3,(H,31,34)(H,32,35). The predicted molar refractivity (Wildman–Crippen MR) is 118 cm³/mol. The van der Waals surface area contributed by atoms with E-state index < -0.39 is 46.4 Å². The Balaban J connectivity index is 1.72. The van der Waals surface area contributed by atoms with E-state index >= 15 is 0 Å². The number of hydrogen-bond donors (Lipinski definition) is 2. The molecule has 0 unspecified atom stereocenters. The molecule has 0 saturated heterocycles. The molecule has 0 aliphatic heterocycles. The number of aryl methyl sites for hydroxylation is 1. The molecule has 4 aromatic rings. The number of H-pyrrole nitrogens is 1. The molecule has 0 aliphatic carbocycles. The van der Waals surface area contributed by atoms with Crippen molar-refractivity contribution >= 4 is 11.6 Å². The van der Waals surface area contributed by atoms with E-state index in [9.17, 15) is 31.1 Å². The number of carbonyl (C=O) groups excluding carboxylic acids is 1. The topological polar surface area (TPSA) is 79.9 Å². The number of nitrogens with one attached hydrogen (secondary N) is 2. The highest BCUT2D eigenvalue weighted by atomic mass is 19.4. The molecule has 2 aromatic carbocycles. The zero-order chi connectivity index (χ0) is 26.2. The normalized spacial score (nSPS) is 11.4. The Morgan fingerprint density at radius 1 is 0.944 bits per heavy atom. The number of alkyl halides is 3. The van der Waals surface area contributed by atoms with Crippen LogP contribution in [0, 0.1) is 24.4 Å². The van der Waals surface area contributed by atoms with Gasteiger partial charge in [-0.25, -0.2) is 23.1 Å². The number of halogens is 6. The first-order valence-corrected chi connectivity index (χ1v) is 10.2. The van der Waals surface area contributed by atoms with Crippen molar-refractivity contribution in [3.8, 4) is 28.5 Å². The summed E-state index contributed by atoms with van der Waals surface area (Å²) in [6.07, 6.45) is -4.61. The van der Waals surface area contributed by atoms with Gasteiger partial charge in [-0.1, -0.05) is 12.1 Å². The predicted octanol–water partition coefficient (Wildman–Crippen LogP) is 6.14. The fraction of sp³-hybridized carbons (Fsp3) is 0.125. The number of anilines is 1. The Bertz CT molecular complexity index is 1450. The number of rotatable bonds is 5. The molecule has 0 spiro atoms. The van der Waals surface area contributed by atoms with Crippen molar-refractivity contribution in [1.29, 1.82) is 0 Å². The van der Waals surface area contributed by atoms with Gasteiger partial charge in [-0.2, -0.15) is 13.2 Å². The van der Waals surface area contributed by atoms with Gasteiger partial charge in [0.15, 0.2) is 11.6 Å². The lowest BCUT2D eigenvalue weighted by Crippen LogP contribution is -2.14. The van der Waals surface area contributed by atoms with Crippen molar-refractivity contribution in [1.82, 2.24) is 15.0 Å². The second-order valence-corrected chi connectivity index (χ2v) is 7.56. The third kappa shape index (κ3) is 4.74. The lowest BCUT2D eigenvalue weighted by Gasteiger charge is -2.11. The highest BCUT2D eigenvalue weighted by Crippen LogP contribution is 2.36. The molecule has 1 amide bonds. The van der Waals surface area contributed by atoms with E-state index in [1.165, 1.54) is 20.1 Å². The van der Waals surface area contributed by atoms with Crippen molar-refractivity contribution in [2.45, 2.75) is 13.1 Å². The average molecular weight is 506 g/mol. The van der Waals surface area contributed by atoms with E-state index in [0.717, 1.165) is 42.5 Å². The van der Waals surface area contributed by atoms with Gasteiger partial charge < -0.3 is 15.0 Å². The molecule has 0 atom stereocenters. The zero-order valence-electron chi connectivity index (χ0n) is 18.6. The van der Waals surface area contributed by atoms with Crippen LogP contribution < -0.4 is 10.1 Å². The fourth-order valence-corrected chi connectivity index (χ4v) is 3.45. The molecule has 6 nitrogen and oxygen atoms in total. The van der Waals surface area contributed by atoms with E-state index in [1.54, 1.807) is 0 Å². The minimum atomic E-state index is -4.61. The lowest BCUT2D eigenvalue weighted by atomic mass is 10.1. The highest BCUT2D eigenvalue weighted by molar-refractivity contribution is 6.04. The molecule has 0 bridgehead atoms. The van der Waals surface area contributed by atoms with Crippen LogP contribution in [0.4, 0.5) is 32.0 Å². The first-order valence-electron chi connectivity index (χ1n) is 10.2. The Labute approximate surface area is 200 Å². The Morgan fingerprint density at radius 3 is 2.25 bits per heavy atom. The van der Waals surface area contributed by atoms with E-state index in [2.05, 4.69) is 20.3 Å². The average Bonchev–Trinajstić information content (AvgIpc) is 3.20. The molecule has 4 rings (SSSR count). The Hall–Kier alpha value is -4.35. The number of methoxy groups -OCH3 is 1. The van der Waals surface area contributed by atoms with Crippen molar-refractivity contribution in [3.05, 3.63) is 82.9 Å². The molecule has 2 aromatic heterocycles. The van der Waals surface area contributed by atoms with Crippen LogP contribution in [0.15, 0.2) is 48.5 Å². The number of benzene rings is 2. The van der Waals surface area contributed by atoms with E-state index in [1.807, 2.05) is 0 Å². The minimum Gasteiger partial charge on any atom is -0.494 e. The SMILES string of the molecule is COc1cc(F)c(-c2nc(C(=O)Nc3cccc(C(F)(F)F)c3)c(C)[nH]2)nc1-c1c(F)cccc1F. The summed E-state index contributed by atoms with van der Waals surface area (Å²) < 4.78 is 87.6. The maximum absolute atomic E-state index is 14.9. The third-order valence-corrected chi connectivity index (χ3v) is 5.13. The molecular weight excluding hydrogens is 490 g/mol. The van der Waals surface area contributed by atoms with Gasteiger partial charge >= 0.3 is 6.18 Å². The van der Waals surface area contributed by atoms with E-state index in [4.69, 9.17) is 4.74 Å². The first-order chi connectivity index (χ1) is 17.0. The van der Waals surface area contributed by atoms with Crippen LogP contribution in [-0.4, -0.2) is 28.0 Å². The summed E-state index contributed by atoms with van der Waals surface area (Å²) in [4.78, 5) is 23.4. The number of nitrogens with zero attached hydrogens (tertiary/aromatic N) is 2. The molecular formula is C24H16F6N4O2. The van der Waals surface area contributed by atoms with Crippen molar-refractivity contribution < 1.29 is 35.9 Å². The van der Waals surface area contributed by atoms with Gasteiger partial charge in [-0.05, 0) is 37.3 Å². The summed E-state index contributed by atoms with van der Waals surface area (Å²) in [5.41, 5.74) is -2.56. The molecule has 186 valence electrons. The summed E-state index contributed by atoms with van der Waals surface area (Å²) in [6, 6.07) is 7.99. The second-order valence-electron chi connectivity index (χ2n) is 7.56. The summed E-state index contributed by atoms with van der Waals surface area (Å²) >= 11 is 0. The lowest BCUT2D eigenvalue weighted by molar-refractivity contribution is -0.137. The molecule has 2 heterocycles. The van der Waals surface area contributed by atoms with Gasteiger partial charge in [0, 0.05) is 17.4 Å². The van der Waals surface area contributed by atoms with Crippen molar-refractivity contribution in [3.63, 3.8) is 0 Å². The number of imidazole rings is 1. The van der Waals surface area contributed by atoms with Crippen LogP contribution in [0.25, 0.3) is 22.8 Å². The third-order valence-electron chi connectivity index (χ3n) is 5.13. The minimum absolute atomic E-state index is 0.134. The maximum atomic E-state index is 14.9. The molecule has 0 aliphatic rings. The first kappa shape index (κ1) is 24.8. The quantitative estimate of drug-likeness (QED) is 0.319. The summed E-state index contributed by atoms with van der Waals surface area (Å²) in [6.45, 7) is 1.43. The highest BCUT2D eigenvalue weighted by Gasteiger charge is 2.31. The molecule has 12 heteroatoms. The smallest absolute Gasteiger partial charge is 0.416 e. The van der Waals surface area contributed by atoms with Crippen LogP contribution in [0.3, 0.4) is 0 Å². The van der Waals surface area contributed by atoms with E-state index in [0.29, 0.717) is 0 Å². The Kier molecular flexibility index (Phi) is 6.44. The van der Waals surface area contributed by atoms with Gasteiger partial charge in [0.2, 0.25) is 0 Å². The monoisotopic (exact) mass is 506 g/mol. The second kappa shape index (κ2) is 9.36. The van der Waals surface area contributed by atoms with Crippen LogP contribution >= 0.6 is 0 Å². The maximum Gasteiger partial charge on any atom is 0.416 e. The van der Waals surface area contributed by atoms with Crippen molar-refractivity contribution in [2.75, 3.05) is 12.4 Å². The fourth-order valence-electron chi connectivity index (χ4n) is 3.45. The molecule has 0 fully saturated rings. The number of pyridine rings is 1. The van der Waals surface area contributed by atoms with E-state index in [-0.39, 0.29) is 34.3 Å². The summed E-state index contributed by atoms with van der Waals surface area (Å²) in [7, 11) is 1.17. The van der Waals surface area contributed by atoms with Gasteiger partial charge in [-0.3, -0.25) is 4.79 Å². The number of carbonyl (C=O) groups is 1. The zero-order valence-corrected chi connectivity index (χ0v) is 18.6. The van der Waals surface area contributed by atoms with Gasteiger partial charge in [0.05, 0.1) is 18.2 Å². The van der Waals surface area contributed by atoms with Crippen molar-refractivity contribution in [2.24, 2.45) is 0 Å². The molecule has 2 N–H and O–H groups in total. The molecule has 0 radical (unpaired) electrons. The number of aromatic amines is 1. The van der Waals surface area contributed by atoms with Gasteiger partial charge in [0.25, 0.3) is 5.91 Å². The number of amides is 1. The van der Waals surface area contributed by atoms with Crippen LogP contribution in [0.2, 0.25) is 0 Å². The summed E-state index contributed by atoms with van der Waals surface area (Å²) in [5.74, 6) is -4.26. The van der Waals surface area contributed by atoms with Gasteiger partial charge in [0.1, 0.15) is 34.5 Å². The van der Waals surface area contributed by atoms with Crippen LogP contribution in [0.5, 0.6) is 5.75 Å². The van der Waals surface area contributed by atoms with Crippen LogP contribution in [0.1, 0.15) is 21.7 Å². The largest absolute Gasteiger partial charge is 0.494 e.